The molecule has 1 aromatic rings. The maximum atomic E-state index is 10.5. The molecule has 124 valence electrons. The van der Waals surface area contributed by atoms with E-state index in [0.29, 0.717) is 18.1 Å². The first-order valence-electron chi connectivity index (χ1n) is 8.19. The molecule has 1 aliphatic heterocycles. The van der Waals surface area contributed by atoms with Crippen LogP contribution in [-0.2, 0) is 0 Å². The van der Waals surface area contributed by atoms with Crippen molar-refractivity contribution in [3.8, 4) is 5.75 Å². The lowest BCUT2D eigenvalue weighted by atomic mass is 10.0. The highest BCUT2D eigenvalue weighted by atomic mass is 35.5. The van der Waals surface area contributed by atoms with E-state index >= 15 is 0 Å². The summed E-state index contributed by atoms with van der Waals surface area (Å²) in [5, 5.41) is 11.1. The minimum Gasteiger partial charge on any atom is -0.493 e. The summed E-state index contributed by atoms with van der Waals surface area (Å²) in [5.41, 5.74) is 0.793. The second-order valence-electron chi connectivity index (χ2n) is 5.70. The predicted octanol–water partition coefficient (Wildman–Crippen LogP) is 2.80. The molecule has 0 radical (unpaired) electrons. The summed E-state index contributed by atoms with van der Waals surface area (Å²) >= 11 is 6.06. The van der Waals surface area contributed by atoms with Crippen LogP contribution in [0.2, 0.25) is 5.02 Å². The van der Waals surface area contributed by atoms with E-state index < -0.39 is 6.10 Å². The normalized spacial score (nSPS) is 18.4. The van der Waals surface area contributed by atoms with Gasteiger partial charge in [0.25, 0.3) is 0 Å². The number of benzene rings is 1. The van der Waals surface area contributed by atoms with Gasteiger partial charge in [0, 0.05) is 43.3 Å². The SMILES string of the molecule is CCOc1ccc(Cl)cc1C(O)CCN1CCN(CC)CC1. The molecule has 1 heterocycles. The van der Waals surface area contributed by atoms with Crippen molar-refractivity contribution in [2.45, 2.75) is 26.4 Å². The number of aliphatic hydroxyl groups excluding tert-OH is 1. The van der Waals surface area contributed by atoms with Crippen LogP contribution in [-0.4, -0.2) is 60.8 Å². The van der Waals surface area contributed by atoms with Gasteiger partial charge in [-0.15, -0.1) is 0 Å². The largest absolute Gasteiger partial charge is 0.493 e. The number of rotatable bonds is 7. The zero-order valence-electron chi connectivity index (χ0n) is 13.6. The molecule has 1 atom stereocenters. The summed E-state index contributed by atoms with van der Waals surface area (Å²) in [4.78, 5) is 4.87. The van der Waals surface area contributed by atoms with Crippen molar-refractivity contribution < 1.29 is 9.84 Å². The van der Waals surface area contributed by atoms with Gasteiger partial charge in [-0.2, -0.15) is 0 Å². The van der Waals surface area contributed by atoms with Crippen LogP contribution < -0.4 is 4.74 Å². The average Bonchev–Trinajstić information content (AvgIpc) is 2.55. The van der Waals surface area contributed by atoms with Crippen LogP contribution in [0, 0.1) is 0 Å². The summed E-state index contributed by atoms with van der Waals surface area (Å²) in [7, 11) is 0. The Balaban J connectivity index is 1.89. The van der Waals surface area contributed by atoms with Crippen molar-refractivity contribution in [3.05, 3.63) is 28.8 Å². The molecule has 1 N–H and O–H groups in total. The monoisotopic (exact) mass is 326 g/mol. The first kappa shape index (κ1) is 17.5. The smallest absolute Gasteiger partial charge is 0.125 e. The molecule has 0 amide bonds. The molecular formula is C17H27ClN2O2. The Kier molecular flexibility index (Phi) is 6.96. The van der Waals surface area contributed by atoms with Crippen molar-refractivity contribution in [2.24, 2.45) is 0 Å². The molecular weight excluding hydrogens is 300 g/mol. The fourth-order valence-electron chi connectivity index (χ4n) is 2.86. The van der Waals surface area contributed by atoms with Gasteiger partial charge >= 0.3 is 0 Å². The summed E-state index contributed by atoms with van der Waals surface area (Å²) in [6.45, 7) is 11.1. The van der Waals surface area contributed by atoms with Gasteiger partial charge in [-0.25, -0.2) is 0 Å². The van der Waals surface area contributed by atoms with E-state index in [1.807, 2.05) is 19.1 Å². The highest BCUT2D eigenvalue weighted by Gasteiger charge is 2.19. The Hall–Kier alpha value is -0.810. The van der Waals surface area contributed by atoms with E-state index in [2.05, 4.69) is 16.7 Å². The average molecular weight is 327 g/mol. The molecule has 1 fully saturated rings. The fourth-order valence-corrected chi connectivity index (χ4v) is 3.04. The summed E-state index contributed by atoms with van der Waals surface area (Å²) in [6, 6.07) is 5.45. The number of likely N-dealkylation sites (N-methyl/N-ethyl adjacent to an activating group) is 1. The molecule has 1 aliphatic rings. The van der Waals surface area contributed by atoms with E-state index in [1.54, 1.807) is 6.07 Å². The maximum Gasteiger partial charge on any atom is 0.125 e. The van der Waals surface area contributed by atoms with Gasteiger partial charge in [0.2, 0.25) is 0 Å². The molecule has 0 saturated carbocycles. The van der Waals surface area contributed by atoms with E-state index in [0.717, 1.165) is 50.6 Å². The molecule has 0 aromatic heterocycles. The first-order chi connectivity index (χ1) is 10.6. The number of halogens is 1. The van der Waals surface area contributed by atoms with Crippen LogP contribution in [0.1, 0.15) is 31.9 Å². The first-order valence-corrected chi connectivity index (χ1v) is 8.56. The molecule has 0 spiro atoms. The number of piperazine rings is 1. The summed E-state index contributed by atoms with van der Waals surface area (Å²) < 4.78 is 5.59. The lowest BCUT2D eigenvalue weighted by Crippen LogP contribution is -2.46. The van der Waals surface area contributed by atoms with Gasteiger partial charge in [-0.3, -0.25) is 0 Å². The third-order valence-corrected chi connectivity index (χ3v) is 4.50. The third-order valence-electron chi connectivity index (χ3n) is 4.26. The van der Waals surface area contributed by atoms with Gasteiger partial charge < -0.3 is 19.6 Å². The Bertz CT molecular complexity index is 462. The molecule has 0 aliphatic carbocycles. The standard InChI is InChI=1S/C17H27ClN2O2/c1-3-19-9-11-20(12-10-19)8-7-16(21)15-13-14(18)5-6-17(15)22-4-2/h5-6,13,16,21H,3-4,7-12H2,1-2H3. The molecule has 1 saturated heterocycles. The van der Waals surface area contributed by atoms with E-state index in [9.17, 15) is 5.11 Å². The van der Waals surface area contributed by atoms with E-state index in [1.165, 1.54) is 0 Å². The van der Waals surface area contributed by atoms with E-state index in [4.69, 9.17) is 16.3 Å². The molecule has 22 heavy (non-hydrogen) atoms. The number of hydrogen-bond donors (Lipinski definition) is 1. The number of ether oxygens (including phenoxy) is 1. The van der Waals surface area contributed by atoms with Crippen LogP contribution in [0.25, 0.3) is 0 Å². The highest BCUT2D eigenvalue weighted by molar-refractivity contribution is 6.30. The minimum absolute atomic E-state index is 0.538. The van der Waals surface area contributed by atoms with Crippen molar-refractivity contribution in [3.63, 3.8) is 0 Å². The predicted molar refractivity (Wildman–Crippen MR) is 90.8 cm³/mol. The molecule has 1 unspecified atom stereocenters. The minimum atomic E-state index is -0.538. The second kappa shape index (κ2) is 8.73. The second-order valence-corrected chi connectivity index (χ2v) is 6.13. The molecule has 5 heteroatoms. The molecule has 4 nitrogen and oxygen atoms in total. The Morgan fingerprint density at radius 1 is 1.18 bits per heavy atom. The molecule has 1 aromatic carbocycles. The fraction of sp³-hybridized carbons (Fsp3) is 0.647. The van der Waals surface area contributed by atoms with Gasteiger partial charge in [0.15, 0.2) is 0 Å². The van der Waals surface area contributed by atoms with E-state index in [-0.39, 0.29) is 0 Å². The molecule has 0 bridgehead atoms. The van der Waals surface area contributed by atoms with Crippen LogP contribution in [0.15, 0.2) is 18.2 Å². The van der Waals surface area contributed by atoms with Crippen molar-refractivity contribution in [1.29, 1.82) is 0 Å². The lowest BCUT2D eigenvalue weighted by Gasteiger charge is -2.34. The number of nitrogens with zero attached hydrogens (tertiary/aromatic N) is 2. The third kappa shape index (κ3) is 4.85. The summed E-state index contributed by atoms with van der Waals surface area (Å²) in [6.07, 6.45) is 0.163. The Labute approximate surface area is 138 Å². The zero-order valence-corrected chi connectivity index (χ0v) is 14.4. The van der Waals surface area contributed by atoms with Gasteiger partial charge in [0.1, 0.15) is 5.75 Å². The molecule has 2 rings (SSSR count). The van der Waals surface area contributed by atoms with Gasteiger partial charge in [0.05, 0.1) is 12.7 Å². The van der Waals surface area contributed by atoms with Crippen LogP contribution in [0.3, 0.4) is 0 Å². The Morgan fingerprint density at radius 2 is 1.86 bits per heavy atom. The van der Waals surface area contributed by atoms with Crippen molar-refractivity contribution >= 4 is 11.6 Å². The Morgan fingerprint density at radius 3 is 2.50 bits per heavy atom. The topological polar surface area (TPSA) is 35.9 Å². The lowest BCUT2D eigenvalue weighted by molar-refractivity contribution is 0.103. The number of hydrogen-bond acceptors (Lipinski definition) is 4. The van der Waals surface area contributed by atoms with Crippen LogP contribution in [0.5, 0.6) is 5.75 Å². The van der Waals surface area contributed by atoms with Crippen molar-refractivity contribution in [1.82, 2.24) is 9.80 Å². The highest BCUT2D eigenvalue weighted by Crippen LogP contribution is 2.30. The number of aliphatic hydroxyl groups is 1. The quantitative estimate of drug-likeness (QED) is 0.836. The van der Waals surface area contributed by atoms with Crippen LogP contribution in [0.4, 0.5) is 0 Å². The maximum absolute atomic E-state index is 10.5. The van der Waals surface area contributed by atoms with Gasteiger partial charge in [-0.1, -0.05) is 18.5 Å². The van der Waals surface area contributed by atoms with Gasteiger partial charge in [-0.05, 0) is 38.1 Å². The van der Waals surface area contributed by atoms with Crippen molar-refractivity contribution in [2.75, 3.05) is 45.9 Å². The zero-order chi connectivity index (χ0) is 15.9. The van der Waals surface area contributed by atoms with Crippen LogP contribution >= 0.6 is 11.6 Å². The summed E-state index contributed by atoms with van der Waals surface area (Å²) in [5.74, 6) is 0.732.